The average molecular weight is 184 g/mol. The zero-order valence-electron chi connectivity index (χ0n) is 8.55. The highest BCUT2D eigenvalue weighted by Crippen LogP contribution is 2.06. The first-order valence-corrected chi connectivity index (χ1v) is 4.88. The Morgan fingerprint density at radius 2 is 2.08 bits per heavy atom. The zero-order valence-corrected chi connectivity index (χ0v) is 8.55. The topological polar surface area (TPSA) is 69.1 Å². The highest BCUT2D eigenvalue weighted by atomic mass is 16.1. The fourth-order valence-electron chi connectivity index (χ4n) is 1.12. The molecule has 0 aromatic carbocycles. The fraction of sp³-hybridized carbons (Fsp3) is 0.700. The Bertz CT molecular complexity index is 187. The third-order valence-electron chi connectivity index (χ3n) is 2.05. The molecule has 1 unspecified atom stereocenters. The summed E-state index contributed by atoms with van der Waals surface area (Å²) in [7, 11) is 0. The van der Waals surface area contributed by atoms with E-state index in [0.29, 0.717) is 5.57 Å². The predicted octanol–water partition coefficient (Wildman–Crippen LogP) is 1.33. The third-order valence-corrected chi connectivity index (χ3v) is 2.05. The van der Waals surface area contributed by atoms with E-state index in [1.807, 2.05) is 13.0 Å². The van der Waals surface area contributed by atoms with E-state index in [2.05, 4.69) is 6.92 Å². The molecule has 0 bridgehead atoms. The van der Waals surface area contributed by atoms with Gasteiger partial charge in [-0.1, -0.05) is 32.8 Å². The van der Waals surface area contributed by atoms with Crippen molar-refractivity contribution in [3.05, 3.63) is 11.6 Å². The van der Waals surface area contributed by atoms with E-state index in [4.69, 9.17) is 11.5 Å². The second-order valence-electron chi connectivity index (χ2n) is 3.18. The van der Waals surface area contributed by atoms with Crippen molar-refractivity contribution in [1.82, 2.24) is 0 Å². The lowest BCUT2D eigenvalue weighted by molar-refractivity contribution is -0.114. The lowest BCUT2D eigenvalue weighted by Crippen LogP contribution is -2.30. The Labute approximate surface area is 80.2 Å². The van der Waals surface area contributed by atoms with Crippen molar-refractivity contribution >= 4 is 5.91 Å². The normalized spacial score (nSPS) is 14.2. The number of hydrogen-bond acceptors (Lipinski definition) is 2. The third kappa shape index (κ3) is 4.68. The standard InChI is InChI=1S/C10H20N2O/c1-3-5-6-7-8(10(12)13)9(11)4-2/h7,9H,3-6,11H2,1-2H3,(H2,12,13). The van der Waals surface area contributed by atoms with Crippen LogP contribution in [0.25, 0.3) is 0 Å². The summed E-state index contributed by atoms with van der Waals surface area (Å²) in [6.45, 7) is 4.05. The lowest BCUT2D eigenvalue weighted by Gasteiger charge is -2.10. The average Bonchev–Trinajstić information content (AvgIpc) is 2.11. The molecule has 0 spiro atoms. The molecule has 0 aliphatic carbocycles. The monoisotopic (exact) mass is 184 g/mol. The van der Waals surface area contributed by atoms with Crippen LogP contribution >= 0.6 is 0 Å². The molecule has 0 rings (SSSR count). The van der Waals surface area contributed by atoms with Gasteiger partial charge in [0.05, 0.1) is 0 Å². The van der Waals surface area contributed by atoms with Crippen molar-refractivity contribution in [3.63, 3.8) is 0 Å². The molecule has 1 atom stereocenters. The molecule has 76 valence electrons. The van der Waals surface area contributed by atoms with Gasteiger partial charge < -0.3 is 11.5 Å². The summed E-state index contributed by atoms with van der Waals surface area (Å²) in [5, 5.41) is 0. The van der Waals surface area contributed by atoms with Crippen LogP contribution in [-0.4, -0.2) is 11.9 Å². The molecule has 0 aliphatic rings. The maximum atomic E-state index is 11.0. The number of allylic oxidation sites excluding steroid dienone is 1. The second-order valence-corrected chi connectivity index (χ2v) is 3.18. The van der Waals surface area contributed by atoms with Crippen LogP contribution in [0.2, 0.25) is 0 Å². The van der Waals surface area contributed by atoms with E-state index in [-0.39, 0.29) is 11.9 Å². The van der Waals surface area contributed by atoms with Crippen LogP contribution in [0, 0.1) is 0 Å². The molecule has 0 radical (unpaired) electrons. The van der Waals surface area contributed by atoms with Crippen molar-refractivity contribution in [2.75, 3.05) is 0 Å². The summed E-state index contributed by atoms with van der Waals surface area (Å²) in [6, 6.07) is -0.200. The van der Waals surface area contributed by atoms with Gasteiger partial charge >= 0.3 is 0 Å². The van der Waals surface area contributed by atoms with Gasteiger partial charge in [0.2, 0.25) is 5.91 Å². The number of rotatable bonds is 6. The summed E-state index contributed by atoms with van der Waals surface area (Å²) in [5.74, 6) is -0.384. The molecule has 13 heavy (non-hydrogen) atoms. The predicted molar refractivity (Wildman–Crippen MR) is 55.1 cm³/mol. The van der Waals surface area contributed by atoms with Gasteiger partial charge in [0, 0.05) is 11.6 Å². The molecule has 0 aromatic rings. The summed E-state index contributed by atoms with van der Waals surface area (Å²) >= 11 is 0. The number of nitrogens with two attached hydrogens (primary N) is 2. The van der Waals surface area contributed by atoms with Crippen LogP contribution in [0.3, 0.4) is 0 Å². The first kappa shape index (κ1) is 12.2. The Balaban J connectivity index is 4.23. The van der Waals surface area contributed by atoms with Gasteiger partial charge in [0.25, 0.3) is 0 Å². The molecule has 4 N–H and O–H groups in total. The lowest BCUT2D eigenvalue weighted by atomic mass is 10.0. The molecule has 1 amide bonds. The Morgan fingerprint density at radius 1 is 1.46 bits per heavy atom. The van der Waals surface area contributed by atoms with Gasteiger partial charge in [0.15, 0.2) is 0 Å². The summed E-state index contributed by atoms with van der Waals surface area (Å²) < 4.78 is 0. The molecule has 3 nitrogen and oxygen atoms in total. The summed E-state index contributed by atoms with van der Waals surface area (Å²) in [6.07, 6.45) is 5.71. The highest BCUT2D eigenvalue weighted by molar-refractivity contribution is 5.93. The molecular weight excluding hydrogens is 164 g/mol. The van der Waals surface area contributed by atoms with Gasteiger partial charge in [-0.05, 0) is 12.8 Å². The largest absolute Gasteiger partial charge is 0.366 e. The number of unbranched alkanes of at least 4 members (excludes halogenated alkanes) is 2. The molecule has 0 saturated carbocycles. The van der Waals surface area contributed by atoms with Gasteiger partial charge in [-0.2, -0.15) is 0 Å². The van der Waals surface area contributed by atoms with Crippen LogP contribution in [0.5, 0.6) is 0 Å². The van der Waals surface area contributed by atoms with Crippen molar-refractivity contribution < 1.29 is 4.79 Å². The second kappa shape index (κ2) is 6.66. The van der Waals surface area contributed by atoms with E-state index in [0.717, 1.165) is 25.7 Å². The van der Waals surface area contributed by atoms with Gasteiger partial charge in [-0.15, -0.1) is 0 Å². The van der Waals surface area contributed by atoms with Crippen LogP contribution in [0.1, 0.15) is 39.5 Å². The molecule has 0 heterocycles. The first-order valence-electron chi connectivity index (χ1n) is 4.88. The smallest absolute Gasteiger partial charge is 0.245 e. The van der Waals surface area contributed by atoms with Crippen LogP contribution < -0.4 is 11.5 Å². The minimum absolute atomic E-state index is 0.200. The molecule has 0 aliphatic heterocycles. The highest BCUT2D eigenvalue weighted by Gasteiger charge is 2.11. The van der Waals surface area contributed by atoms with Gasteiger partial charge in [-0.25, -0.2) is 0 Å². The van der Waals surface area contributed by atoms with E-state index in [1.165, 1.54) is 0 Å². The number of hydrogen-bond donors (Lipinski definition) is 2. The minimum atomic E-state index is -0.384. The molecular formula is C10H20N2O. The maximum absolute atomic E-state index is 11.0. The van der Waals surface area contributed by atoms with E-state index in [1.54, 1.807) is 0 Å². The van der Waals surface area contributed by atoms with Gasteiger partial charge in [0.1, 0.15) is 0 Å². The molecule has 3 heteroatoms. The minimum Gasteiger partial charge on any atom is -0.366 e. The number of amides is 1. The Morgan fingerprint density at radius 3 is 2.46 bits per heavy atom. The Hall–Kier alpha value is -0.830. The number of carbonyl (C=O) groups is 1. The van der Waals surface area contributed by atoms with Crippen molar-refractivity contribution in [2.24, 2.45) is 11.5 Å². The maximum Gasteiger partial charge on any atom is 0.245 e. The van der Waals surface area contributed by atoms with Crippen molar-refractivity contribution in [3.8, 4) is 0 Å². The first-order chi connectivity index (χ1) is 6.13. The molecule has 0 fully saturated rings. The van der Waals surface area contributed by atoms with Crippen molar-refractivity contribution in [2.45, 2.75) is 45.6 Å². The van der Waals surface area contributed by atoms with Crippen LogP contribution in [0.15, 0.2) is 11.6 Å². The van der Waals surface area contributed by atoms with Crippen molar-refractivity contribution in [1.29, 1.82) is 0 Å². The SMILES string of the molecule is CCCCC=C(C(N)=O)C(N)CC. The van der Waals surface area contributed by atoms with Gasteiger partial charge in [-0.3, -0.25) is 4.79 Å². The van der Waals surface area contributed by atoms with E-state index >= 15 is 0 Å². The quantitative estimate of drug-likeness (QED) is 0.483. The van der Waals surface area contributed by atoms with Crippen LogP contribution in [-0.2, 0) is 4.79 Å². The number of primary amides is 1. The molecule has 0 saturated heterocycles. The fourth-order valence-corrected chi connectivity index (χ4v) is 1.12. The summed E-state index contributed by atoms with van der Waals surface area (Å²) in [5.41, 5.74) is 11.5. The van der Waals surface area contributed by atoms with E-state index in [9.17, 15) is 4.79 Å². The summed E-state index contributed by atoms with van der Waals surface area (Å²) in [4.78, 5) is 11.0. The molecule has 0 aromatic heterocycles. The van der Waals surface area contributed by atoms with Crippen LogP contribution in [0.4, 0.5) is 0 Å². The zero-order chi connectivity index (χ0) is 10.3. The van der Waals surface area contributed by atoms with E-state index < -0.39 is 0 Å². The Kier molecular flexibility index (Phi) is 6.24. The number of carbonyl (C=O) groups excluding carboxylic acids is 1.